The van der Waals surface area contributed by atoms with Gasteiger partial charge in [-0.1, -0.05) is 0 Å². The number of rotatable bonds is 8. The average molecular weight is 483 g/mol. The van der Waals surface area contributed by atoms with Crippen LogP contribution in [0.25, 0.3) is 0 Å². The minimum absolute atomic E-state index is 0.144. The number of hydrogen-bond acceptors (Lipinski definition) is 10. The first-order chi connectivity index (χ1) is 15.8. The second-order valence-electron chi connectivity index (χ2n) is 7.86. The third-order valence-electron chi connectivity index (χ3n) is 5.88. The molecule has 6 amide bonds. The fraction of sp³-hybridized carbons (Fsp3) is 0.500. The number of carbonyl (C=O) groups is 9. The summed E-state index contributed by atoms with van der Waals surface area (Å²) in [5.41, 5.74) is 0. The molecule has 3 aliphatic heterocycles. The van der Waals surface area contributed by atoms with Gasteiger partial charge in [-0.3, -0.25) is 57.9 Å². The highest BCUT2D eigenvalue weighted by Gasteiger charge is 2.64. The lowest BCUT2D eigenvalue weighted by molar-refractivity contribution is -0.151. The van der Waals surface area contributed by atoms with Gasteiger partial charge in [0.05, 0.1) is 23.7 Å². The lowest BCUT2D eigenvalue weighted by atomic mass is 9.74. The van der Waals surface area contributed by atoms with Crippen LogP contribution in [0.3, 0.4) is 0 Å². The topological polar surface area (TPSA) is 244 Å². The van der Waals surface area contributed by atoms with Crippen LogP contribution in [0.1, 0.15) is 6.42 Å². The van der Waals surface area contributed by atoms with E-state index in [1.807, 2.05) is 0 Å². The second-order valence-corrected chi connectivity index (χ2v) is 7.86. The van der Waals surface area contributed by atoms with Crippen molar-refractivity contribution < 1.29 is 63.6 Å². The maximum absolute atomic E-state index is 13.0. The Bertz CT molecular complexity index is 1050. The summed E-state index contributed by atoms with van der Waals surface area (Å²) in [6, 6.07) is 0. The number of aliphatic hydroxyl groups is 1. The number of aliphatic hydroxyl groups excluding tert-OH is 1. The van der Waals surface area contributed by atoms with Gasteiger partial charge < -0.3 is 20.4 Å². The second kappa shape index (κ2) is 8.62. The van der Waals surface area contributed by atoms with E-state index in [-0.39, 0.29) is 9.80 Å². The summed E-state index contributed by atoms with van der Waals surface area (Å²) >= 11 is 0. The van der Waals surface area contributed by atoms with E-state index in [1.165, 1.54) is 0 Å². The maximum Gasteiger partial charge on any atom is 0.323 e. The van der Waals surface area contributed by atoms with Crippen LogP contribution in [-0.2, 0) is 43.2 Å². The first kappa shape index (κ1) is 24.4. The van der Waals surface area contributed by atoms with Gasteiger partial charge in [-0.05, 0) is 0 Å². The molecule has 3 fully saturated rings. The number of likely N-dealkylation sites (tertiary alicyclic amines) is 3. The molecule has 0 aromatic rings. The smallest absolute Gasteiger partial charge is 0.323 e. The molecule has 0 radical (unpaired) electrons. The van der Waals surface area contributed by atoms with E-state index in [0.717, 1.165) is 0 Å². The molecule has 16 nitrogen and oxygen atoms in total. The van der Waals surface area contributed by atoms with Gasteiger partial charge in [0.1, 0.15) is 25.7 Å². The Morgan fingerprint density at radius 3 is 1.53 bits per heavy atom. The standard InChI is InChI=1S/C18H17N3O13/c22-6-1-5(14(30)19(6)2-7(23)24)10-11(16(32)20(15(10)31)3-8(25)26)12-13(29)18(34)21(17(12)33)4-9(27)28/h5,10-13,29H,1-4H2,(H,23,24)(H,25,26)(H,27,28)/t5-,10-,11-,12+,13+/m1/s1. The molecule has 3 saturated heterocycles. The summed E-state index contributed by atoms with van der Waals surface area (Å²) in [4.78, 5) is 110. The highest BCUT2D eigenvalue weighted by atomic mass is 16.4. The normalized spacial score (nSPS) is 29.6. The summed E-state index contributed by atoms with van der Waals surface area (Å²) in [5, 5.41) is 37.2. The van der Waals surface area contributed by atoms with E-state index in [9.17, 15) is 48.3 Å². The number of imide groups is 3. The van der Waals surface area contributed by atoms with Crippen molar-refractivity contribution in [3.05, 3.63) is 0 Å². The van der Waals surface area contributed by atoms with E-state index in [2.05, 4.69) is 0 Å². The summed E-state index contributed by atoms with van der Waals surface area (Å²) in [6.45, 7) is -3.42. The van der Waals surface area contributed by atoms with Gasteiger partial charge in [0.2, 0.25) is 29.5 Å². The van der Waals surface area contributed by atoms with Crippen molar-refractivity contribution in [3.63, 3.8) is 0 Å². The fourth-order valence-electron chi connectivity index (χ4n) is 4.53. The molecule has 3 heterocycles. The van der Waals surface area contributed by atoms with E-state index in [4.69, 9.17) is 15.3 Å². The Balaban J connectivity index is 2.05. The molecule has 0 aliphatic carbocycles. The molecule has 182 valence electrons. The summed E-state index contributed by atoms with van der Waals surface area (Å²) in [7, 11) is 0. The highest BCUT2D eigenvalue weighted by Crippen LogP contribution is 2.44. The van der Waals surface area contributed by atoms with E-state index in [0.29, 0.717) is 4.90 Å². The Hall–Kier alpha value is -4.21. The molecular weight excluding hydrogens is 466 g/mol. The van der Waals surface area contributed by atoms with Crippen molar-refractivity contribution in [1.29, 1.82) is 0 Å². The molecule has 3 aliphatic rings. The molecule has 34 heavy (non-hydrogen) atoms. The first-order valence-electron chi connectivity index (χ1n) is 9.66. The summed E-state index contributed by atoms with van der Waals surface area (Å²) < 4.78 is 0. The molecule has 0 bridgehead atoms. The van der Waals surface area contributed by atoms with Gasteiger partial charge in [0.25, 0.3) is 5.91 Å². The van der Waals surface area contributed by atoms with Crippen LogP contribution >= 0.6 is 0 Å². The fourth-order valence-corrected chi connectivity index (χ4v) is 4.53. The van der Waals surface area contributed by atoms with Crippen molar-refractivity contribution in [1.82, 2.24) is 14.7 Å². The molecule has 16 heteroatoms. The lowest BCUT2D eigenvalue weighted by Gasteiger charge is -2.24. The summed E-state index contributed by atoms with van der Waals surface area (Å²) in [6.07, 6.45) is -3.04. The predicted octanol–water partition coefficient (Wildman–Crippen LogP) is -4.44. The van der Waals surface area contributed by atoms with Crippen LogP contribution in [0.5, 0.6) is 0 Å². The number of aliphatic carboxylic acids is 3. The Kier molecular flexibility index (Phi) is 6.19. The van der Waals surface area contributed by atoms with Gasteiger partial charge in [-0.2, -0.15) is 0 Å². The molecular formula is C18H17N3O13. The third-order valence-corrected chi connectivity index (χ3v) is 5.88. The van der Waals surface area contributed by atoms with Crippen LogP contribution in [0, 0.1) is 23.7 Å². The Labute approximate surface area is 188 Å². The molecule has 4 N–H and O–H groups in total. The van der Waals surface area contributed by atoms with Crippen molar-refractivity contribution in [3.8, 4) is 0 Å². The molecule has 0 aromatic carbocycles. The van der Waals surface area contributed by atoms with Crippen LogP contribution in [0.4, 0.5) is 0 Å². The van der Waals surface area contributed by atoms with Gasteiger partial charge >= 0.3 is 17.9 Å². The van der Waals surface area contributed by atoms with Crippen LogP contribution < -0.4 is 0 Å². The molecule has 0 spiro atoms. The summed E-state index contributed by atoms with van der Waals surface area (Å²) in [5.74, 6) is -19.9. The number of carboxylic acids is 3. The minimum atomic E-state index is -2.29. The zero-order valence-electron chi connectivity index (χ0n) is 17.0. The third kappa shape index (κ3) is 3.87. The van der Waals surface area contributed by atoms with Crippen molar-refractivity contribution in [2.45, 2.75) is 12.5 Å². The zero-order chi connectivity index (χ0) is 25.6. The molecule has 5 atom stereocenters. The van der Waals surface area contributed by atoms with Crippen molar-refractivity contribution in [2.24, 2.45) is 23.7 Å². The van der Waals surface area contributed by atoms with E-state index >= 15 is 0 Å². The SMILES string of the molecule is O=C(O)CN1C(=O)[C@@H]([C@@H]2C(=O)N(CC(=O)O)C(=O)[C@H]2O)[C@@H]([C@H]2CC(=O)N(CC(=O)O)C2=O)C1=O. The molecule has 3 rings (SSSR count). The average Bonchev–Trinajstić information content (AvgIpc) is 3.20. The number of carboxylic acid groups (broad SMARTS) is 3. The van der Waals surface area contributed by atoms with E-state index < -0.39 is 109 Å². The molecule has 0 unspecified atom stereocenters. The lowest BCUT2D eigenvalue weighted by Crippen LogP contribution is -2.42. The maximum atomic E-state index is 13.0. The van der Waals surface area contributed by atoms with Gasteiger partial charge in [0.15, 0.2) is 0 Å². The van der Waals surface area contributed by atoms with Crippen molar-refractivity contribution in [2.75, 3.05) is 19.6 Å². The Morgan fingerprint density at radius 2 is 1.03 bits per heavy atom. The number of nitrogens with zero attached hydrogens (tertiary/aromatic N) is 3. The first-order valence-corrected chi connectivity index (χ1v) is 9.66. The van der Waals surface area contributed by atoms with Gasteiger partial charge in [0, 0.05) is 6.42 Å². The van der Waals surface area contributed by atoms with E-state index in [1.54, 1.807) is 0 Å². The number of amides is 6. The predicted molar refractivity (Wildman–Crippen MR) is 97.7 cm³/mol. The quantitative estimate of drug-likeness (QED) is 0.238. The number of carbonyl (C=O) groups excluding carboxylic acids is 6. The van der Waals surface area contributed by atoms with Gasteiger partial charge in [-0.15, -0.1) is 0 Å². The monoisotopic (exact) mass is 483 g/mol. The zero-order valence-corrected chi connectivity index (χ0v) is 17.0. The molecule has 0 saturated carbocycles. The van der Waals surface area contributed by atoms with Gasteiger partial charge in [-0.25, -0.2) is 0 Å². The minimum Gasteiger partial charge on any atom is -0.480 e. The number of hydrogen-bond donors (Lipinski definition) is 4. The van der Waals surface area contributed by atoms with Crippen LogP contribution in [0.15, 0.2) is 0 Å². The van der Waals surface area contributed by atoms with Crippen LogP contribution in [-0.4, -0.2) is 114 Å². The highest BCUT2D eigenvalue weighted by molar-refractivity contribution is 6.16. The van der Waals surface area contributed by atoms with Crippen LogP contribution in [0.2, 0.25) is 0 Å². The molecule has 0 aromatic heterocycles. The Morgan fingerprint density at radius 1 is 0.618 bits per heavy atom. The van der Waals surface area contributed by atoms with Crippen molar-refractivity contribution >= 4 is 53.4 Å². The largest absolute Gasteiger partial charge is 0.480 e.